The molecule has 0 amide bonds. The predicted octanol–water partition coefficient (Wildman–Crippen LogP) is 2.90. The molecule has 0 heterocycles. The number of rotatable bonds is 1. The highest BCUT2D eigenvalue weighted by Crippen LogP contribution is 2.20. The molecule has 0 radical (unpaired) electrons. The van der Waals surface area contributed by atoms with Crippen molar-refractivity contribution in [3.05, 3.63) is 54.6 Å². The number of hydrogen-bond acceptors (Lipinski definition) is 3. The molecule has 0 aromatic heterocycles. The lowest BCUT2D eigenvalue weighted by molar-refractivity contribution is 0.475. The van der Waals surface area contributed by atoms with Gasteiger partial charge in [-0.1, -0.05) is 42.5 Å². The van der Waals surface area contributed by atoms with E-state index in [1.165, 1.54) is 5.56 Å². The van der Waals surface area contributed by atoms with Gasteiger partial charge in [-0.2, -0.15) is 5.26 Å². The molecular formula is C13H11NO2. The molecule has 0 saturated heterocycles. The second-order valence-corrected chi connectivity index (χ2v) is 3.01. The Morgan fingerprint density at radius 3 is 1.75 bits per heavy atom. The van der Waals surface area contributed by atoms with Gasteiger partial charge in [0.2, 0.25) is 0 Å². The Balaban J connectivity index is 0.000000386. The largest absolute Gasteiger partial charge is 0.508 e. The van der Waals surface area contributed by atoms with Gasteiger partial charge < -0.3 is 10.2 Å². The van der Waals surface area contributed by atoms with E-state index in [2.05, 4.69) is 0 Å². The van der Waals surface area contributed by atoms with Gasteiger partial charge in [-0.3, -0.25) is 0 Å². The van der Waals surface area contributed by atoms with Gasteiger partial charge in [0.05, 0.1) is 0 Å². The van der Waals surface area contributed by atoms with Crippen molar-refractivity contribution < 1.29 is 10.2 Å². The van der Waals surface area contributed by atoms with Crippen LogP contribution in [0.2, 0.25) is 0 Å². The van der Waals surface area contributed by atoms with Crippen molar-refractivity contribution in [2.75, 3.05) is 0 Å². The topological polar surface area (TPSA) is 64.2 Å². The van der Waals surface area contributed by atoms with Crippen LogP contribution in [0.1, 0.15) is 0 Å². The van der Waals surface area contributed by atoms with Crippen LogP contribution < -0.4 is 0 Å². The summed E-state index contributed by atoms with van der Waals surface area (Å²) < 4.78 is 0. The number of aliphatic hydroxyl groups excluding tert-OH is 1. The third-order valence-electron chi connectivity index (χ3n) is 1.97. The Kier molecular flexibility index (Phi) is 4.42. The van der Waals surface area contributed by atoms with Crippen molar-refractivity contribution in [2.24, 2.45) is 0 Å². The SMILES string of the molecule is N#CO.Oc1ccc(-c2ccccc2)cc1. The highest BCUT2D eigenvalue weighted by Gasteiger charge is 1.94. The number of benzene rings is 2. The summed E-state index contributed by atoms with van der Waals surface area (Å²) in [5.41, 5.74) is 2.29. The first-order chi connectivity index (χ1) is 7.77. The molecule has 2 N–H and O–H groups in total. The number of nitriles is 1. The molecule has 0 bridgehead atoms. The summed E-state index contributed by atoms with van der Waals surface area (Å²) in [5.74, 6) is 0.305. The van der Waals surface area contributed by atoms with E-state index in [9.17, 15) is 0 Å². The second kappa shape index (κ2) is 6.10. The molecule has 2 aromatic carbocycles. The van der Waals surface area contributed by atoms with E-state index in [-0.39, 0.29) is 0 Å². The van der Waals surface area contributed by atoms with Gasteiger partial charge in [-0.05, 0) is 23.3 Å². The van der Waals surface area contributed by atoms with Crippen LogP contribution in [0.3, 0.4) is 0 Å². The lowest BCUT2D eigenvalue weighted by Gasteiger charge is -2.00. The molecule has 0 aliphatic carbocycles. The minimum atomic E-state index is 0.305. The molecular weight excluding hydrogens is 202 g/mol. The maximum atomic E-state index is 9.10. The standard InChI is InChI=1S/C12H10O.CHNO/c13-12-8-6-11(7-9-12)10-4-2-1-3-5-10;2-1-3/h1-9,13H;3H. The third kappa shape index (κ3) is 3.35. The first-order valence-corrected chi connectivity index (χ1v) is 4.65. The van der Waals surface area contributed by atoms with Gasteiger partial charge in [0, 0.05) is 0 Å². The van der Waals surface area contributed by atoms with Gasteiger partial charge in [0.1, 0.15) is 5.75 Å². The smallest absolute Gasteiger partial charge is 0.283 e. The second-order valence-electron chi connectivity index (χ2n) is 3.01. The predicted molar refractivity (Wildman–Crippen MR) is 61.1 cm³/mol. The molecule has 0 unspecified atom stereocenters. The first-order valence-electron chi connectivity index (χ1n) is 4.65. The van der Waals surface area contributed by atoms with Crippen LogP contribution in [0.25, 0.3) is 11.1 Å². The first kappa shape index (κ1) is 11.6. The molecule has 0 saturated carbocycles. The molecule has 2 rings (SSSR count). The summed E-state index contributed by atoms with van der Waals surface area (Å²) in [4.78, 5) is 0. The van der Waals surface area contributed by atoms with Gasteiger partial charge in [0.15, 0.2) is 0 Å². The van der Waals surface area contributed by atoms with Crippen molar-refractivity contribution in [1.82, 2.24) is 0 Å². The summed E-state index contributed by atoms with van der Waals surface area (Å²) in [6.45, 7) is 0. The summed E-state index contributed by atoms with van der Waals surface area (Å²) in [6, 6.07) is 17.3. The van der Waals surface area contributed by atoms with Crippen LogP contribution in [0, 0.1) is 11.5 Å². The summed E-state index contributed by atoms with van der Waals surface area (Å²) in [6.07, 6.45) is 0.750. The van der Waals surface area contributed by atoms with Crippen LogP contribution >= 0.6 is 0 Å². The Morgan fingerprint density at radius 2 is 1.25 bits per heavy atom. The molecule has 0 spiro atoms. The molecule has 80 valence electrons. The zero-order chi connectivity index (χ0) is 11.8. The highest BCUT2D eigenvalue weighted by molar-refractivity contribution is 5.63. The molecule has 3 nitrogen and oxygen atoms in total. The Labute approximate surface area is 93.8 Å². The van der Waals surface area contributed by atoms with Gasteiger partial charge in [0.25, 0.3) is 6.26 Å². The Bertz CT molecular complexity index is 458. The average molecular weight is 213 g/mol. The van der Waals surface area contributed by atoms with E-state index in [4.69, 9.17) is 15.5 Å². The van der Waals surface area contributed by atoms with Crippen LogP contribution in [0.5, 0.6) is 5.75 Å². The van der Waals surface area contributed by atoms with Gasteiger partial charge in [-0.15, -0.1) is 0 Å². The lowest BCUT2D eigenvalue weighted by atomic mass is 10.1. The Hall–Kier alpha value is -2.47. The van der Waals surface area contributed by atoms with Gasteiger partial charge in [-0.25, -0.2) is 0 Å². The van der Waals surface area contributed by atoms with E-state index in [0.29, 0.717) is 5.75 Å². The molecule has 3 heteroatoms. The highest BCUT2D eigenvalue weighted by atomic mass is 16.3. The molecule has 0 fully saturated rings. The normalized spacial score (nSPS) is 8.44. The van der Waals surface area contributed by atoms with Gasteiger partial charge >= 0.3 is 0 Å². The molecule has 0 atom stereocenters. The lowest BCUT2D eigenvalue weighted by Crippen LogP contribution is -1.74. The number of phenolic OH excluding ortho intramolecular Hbond substituents is 1. The van der Waals surface area contributed by atoms with E-state index in [1.54, 1.807) is 12.1 Å². The molecule has 2 aromatic rings. The zero-order valence-corrected chi connectivity index (χ0v) is 8.54. The van der Waals surface area contributed by atoms with Crippen molar-refractivity contribution >= 4 is 0 Å². The van der Waals surface area contributed by atoms with Crippen LogP contribution in [0.4, 0.5) is 0 Å². The van der Waals surface area contributed by atoms with E-state index in [0.717, 1.165) is 11.8 Å². The van der Waals surface area contributed by atoms with Crippen LogP contribution in [-0.2, 0) is 0 Å². The van der Waals surface area contributed by atoms with Crippen molar-refractivity contribution in [3.8, 4) is 23.1 Å². The fraction of sp³-hybridized carbons (Fsp3) is 0. The number of phenols is 1. The third-order valence-corrected chi connectivity index (χ3v) is 1.97. The molecule has 0 aliphatic rings. The summed E-state index contributed by atoms with van der Waals surface area (Å²) in [7, 11) is 0. The maximum Gasteiger partial charge on any atom is 0.283 e. The quantitative estimate of drug-likeness (QED) is 0.716. The number of nitrogens with zero attached hydrogens (tertiary/aromatic N) is 1. The van der Waals surface area contributed by atoms with E-state index >= 15 is 0 Å². The minimum Gasteiger partial charge on any atom is -0.508 e. The fourth-order valence-corrected chi connectivity index (χ4v) is 1.28. The minimum absolute atomic E-state index is 0.305. The Morgan fingerprint density at radius 1 is 0.812 bits per heavy atom. The van der Waals surface area contributed by atoms with Crippen molar-refractivity contribution in [1.29, 1.82) is 5.26 Å². The number of aromatic hydroxyl groups is 1. The number of hydrogen-bond donors (Lipinski definition) is 2. The van der Waals surface area contributed by atoms with E-state index < -0.39 is 0 Å². The summed E-state index contributed by atoms with van der Waals surface area (Å²) >= 11 is 0. The fourth-order valence-electron chi connectivity index (χ4n) is 1.28. The van der Waals surface area contributed by atoms with Crippen LogP contribution in [-0.4, -0.2) is 10.2 Å². The van der Waals surface area contributed by atoms with Crippen molar-refractivity contribution in [2.45, 2.75) is 0 Å². The number of aliphatic hydroxyl groups is 1. The van der Waals surface area contributed by atoms with E-state index in [1.807, 2.05) is 42.5 Å². The maximum absolute atomic E-state index is 9.10. The monoisotopic (exact) mass is 213 g/mol. The van der Waals surface area contributed by atoms with Crippen LogP contribution in [0.15, 0.2) is 54.6 Å². The molecule has 0 aliphatic heterocycles. The zero-order valence-electron chi connectivity index (χ0n) is 8.54. The summed E-state index contributed by atoms with van der Waals surface area (Å²) in [5, 5.41) is 22.9. The molecule has 16 heavy (non-hydrogen) atoms. The van der Waals surface area contributed by atoms with Crippen molar-refractivity contribution in [3.63, 3.8) is 0 Å². The average Bonchev–Trinajstić information content (AvgIpc) is 2.32.